The third-order valence-corrected chi connectivity index (χ3v) is 5.44. The lowest BCUT2D eigenvalue weighted by atomic mass is 10.1. The van der Waals surface area contributed by atoms with Crippen LogP contribution in [0.15, 0.2) is 53.4 Å². The molecule has 0 spiro atoms. The number of carbonyl (C=O) groups is 4. The largest absolute Gasteiger partial charge is 0.488 e. The maximum absolute atomic E-state index is 12.7. The zero-order valence-corrected chi connectivity index (χ0v) is 17.5. The number of aromatic carboxylic acids is 1. The molecule has 1 unspecified atom stereocenters. The van der Waals surface area contributed by atoms with E-state index in [2.05, 4.69) is 4.74 Å². The van der Waals surface area contributed by atoms with Gasteiger partial charge in [0.15, 0.2) is 0 Å². The second-order valence-corrected chi connectivity index (χ2v) is 7.57. The maximum Gasteiger partial charge on any atom is 0.335 e. The van der Waals surface area contributed by atoms with E-state index in [0.29, 0.717) is 11.3 Å². The van der Waals surface area contributed by atoms with E-state index in [1.54, 1.807) is 36.4 Å². The van der Waals surface area contributed by atoms with E-state index in [0.717, 1.165) is 22.2 Å². The van der Waals surface area contributed by atoms with Gasteiger partial charge in [-0.3, -0.25) is 14.5 Å². The fourth-order valence-corrected chi connectivity index (χ4v) is 3.77. The smallest absolute Gasteiger partial charge is 0.335 e. The number of imide groups is 1. The average Bonchev–Trinajstić information content (AvgIpc) is 3.05. The first-order valence-corrected chi connectivity index (χ1v) is 10.0. The van der Waals surface area contributed by atoms with Crippen LogP contribution in [0.1, 0.15) is 28.4 Å². The number of methoxy groups -OCH3 is 1. The maximum atomic E-state index is 12.7. The minimum Gasteiger partial charge on any atom is -0.488 e. The van der Waals surface area contributed by atoms with Crippen molar-refractivity contribution in [2.24, 2.45) is 0 Å². The van der Waals surface area contributed by atoms with Crippen LogP contribution in [0.2, 0.25) is 0 Å². The minimum atomic E-state index is -1.02. The molecule has 0 bridgehead atoms. The Morgan fingerprint density at radius 1 is 1.13 bits per heavy atom. The average molecular weight is 441 g/mol. The Labute approximate surface area is 182 Å². The standard InChI is InChI=1S/C22H19NO7S/c1-13(21(27)29-2)23-19(24)18(31-22(23)28)11-16-5-3-4-6-17(16)30-12-14-7-9-15(10-8-14)20(25)26/h3-11,13H,12H2,1-2H3,(H,25,26)/b18-11+. The lowest BCUT2D eigenvalue weighted by Crippen LogP contribution is -2.42. The number of hydrogen-bond donors (Lipinski definition) is 1. The third-order valence-electron chi connectivity index (χ3n) is 4.55. The van der Waals surface area contributed by atoms with Crippen LogP contribution in [0.5, 0.6) is 5.75 Å². The van der Waals surface area contributed by atoms with Gasteiger partial charge in [-0.05, 0) is 48.5 Å². The summed E-state index contributed by atoms with van der Waals surface area (Å²) in [5, 5.41) is 8.42. The number of amides is 2. The summed E-state index contributed by atoms with van der Waals surface area (Å²) < 4.78 is 10.5. The zero-order chi connectivity index (χ0) is 22.5. The molecule has 1 heterocycles. The van der Waals surface area contributed by atoms with Gasteiger partial charge >= 0.3 is 11.9 Å². The molecular weight excluding hydrogens is 422 g/mol. The highest BCUT2D eigenvalue weighted by atomic mass is 32.2. The fourth-order valence-electron chi connectivity index (χ4n) is 2.87. The number of esters is 1. The second kappa shape index (κ2) is 9.48. The van der Waals surface area contributed by atoms with Gasteiger partial charge in [-0.25, -0.2) is 9.59 Å². The van der Waals surface area contributed by atoms with Crippen molar-refractivity contribution < 1.29 is 33.8 Å². The lowest BCUT2D eigenvalue weighted by Gasteiger charge is -2.18. The predicted octanol–water partition coefficient (Wildman–Crippen LogP) is 3.56. The Morgan fingerprint density at radius 3 is 2.45 bits per heavy atom. The highest BCUT2D eigenvalue weighted by molar-refractivity contribution is 8.18. The molecule has 2 aromatic carbocycles. The highest BCUT2D eigenvalue weighted by Gasteiger charge is 2.41. The fraction of sp³-hybridized carbons (Fsp3) is 0.182. The molecule has 9 heteroatoms. The van der Waals surface area contributed by atoms with E-state index < -0.39 is 29.1 Å². The van der Waals surface area contributed by atoms with Crippen molar-refractivity contribution in [2.75, 3.05) is 7.11 Å². The van der Waals surface area contributed by atoms with Gasteiger partial charge in [-0.2, -0.15) is 0 Å². The van der Waals surface area contributed by atoms with Crippen molar-refractivity contribution in [3.8, 4) is 5.75 Å². The van der Waals surface area contributed by atoms with E-state index >= 15 is 0 Å². The van der Waals surface area contributed by atoms with Crippen LogP contribution in [0.4, 0.5) is 4.79 Å². The normalized spacial score (nSPS) is 15.8. The van der Waals surface area contributed by atoms with E-state index in [1.807, 2.05) is 0 Å². The number of nitrogens with zero attached hydrogens (tertiary/aromatic N) is 1. The summed E-state index contributed by atoms with van der Waals surface area (Å²) in [6, 6.07) is 12.3. The van der Waals surface area contributed by atoms with Crippen LogP contribution in [0.25, 0.3) is 6.08 Å². The molecule has 1 saturated heterocycles. The molecule has 1 fully saturated rings. The number of benzene rings is 2. The summed E-state index contributed by atoms with van der Waals surface area (Å²) >= 11 is 0.740. The molecule has 0 radical (unpaired) electrons. The Kier molecular flexibility index (Phi) is 6.76. The van der Waals surface area contributed by atoms with Crippen LogP contribution in [-0.2, 0) is 20.9 Å². The summed E-state index contributed by atoms with van der Waals surface area (Å²) in [6.07, 6.45) is 1.54. The van der Waals surface area contributed by atoms with E-state index in [4.69, 9.17) is 9.84 Å². The van der Waals surface area contributed by atoms with Gasteiger partial charge in [-0.15, -0.1) is 0 Å². The van der Waals surface area contributed by atoms with E-state index in [-0.39, 0.29) is 17.1 Å². The van der Waals surface area contributed by atoms with Crippen molar-refractivity contribution in [1.29, 1.82) is 0 Å². The Morgan fingerprint density at radius 2 is 1.81 bits per heavy atom. The van der Waals surface area contributed by atoms with Crippen LogP contribution < -0.4 is 4.74 Å². The number of ether oxygens (including phenoxy) is 2. The van der Waals surface area contributed by atoms with Crippen molar-refractivity contribution in [3.63, 3.8) is 0 Å². The van der Waals surface area contributed by atoms with E-state index in [1.165, 1.54) is 32.2 Å². The quantitative estimate of drug-likeness (QED) is 0.513. The van der Waals surface area contributed by atoms with Crippen LogP contribution in [-0.4, -0.2) is 46.2 Å². The van der Waals surface area contributed by atoms with Gasteiger partial charge in [0.25, 0.3) is 11.1 Å². The molecule has 31 heavy (non-hydrogen) atoms. The van der Waals surface area contributed by atoms with Crippen LogP contribution in [0, 0.1) is 0 Å². The number of para-hydroxylation sites is 1. The monoisotopic (exact) mass is 441 g/mol. The van der Waals surface area contributed by atoms with Gasteiger partial charge in [-0.1, -0.05) is 30.3 Å². The lowest BCUT2D eigenvalue weighted by molar-refractivity contribution is -0.148. The first-order chi connectivity index (χ1) is 14.8. The SMILES string of the molecule is COC(=O)C(C)N1C(=O)S/C(=C/c2ccccc2OCc2ccc(C(=O)O)cc2)C1=O. The summed E-state index contributed by atoms with van der Waals surface area (Å²) in [4.78, 5) is 48.7. The number of hydrogen-bond acceptors (Lipinski definition) is 7. The summed E-state index contributed by atoms with van der Waals surface area (Å²) in [7, 11) is 1.19. The summed E-state index contributed by atoms with van der Waals surface area (Å²) in [5.74, 6) is -1.78. The molecule has 2 aromatic rings. The van der Waals surface area contributed by atoms with Gasteiger partial charge in [0.2, 0.25) is 0 Å². The molecule has 1 aliphatic rings. The molecule has 8 nitrogen and oxygen atoms in total. The van der Waals surface area contributed by atoms with Crippen molar-refractivity contribution in [3.05, 3.63) is 70.1 Å². The Balaban J connectivity index is 1.78. The molecule has 0 aromatic heterocycles. The number of carbonyl (C=O) groups excluding carboxylic acids is 3. The van der Waals surface area contributed by atoms with Gasteiger partial charge in [0.05, 0.1) is 17.6 Å². The van der Waals surface area contributed by atoms with Gasteiger partial charge in [0, 0.05) is 5.56 Å². The number of thioether (sulfide) groups is 1. The number of carboxylic acid groups (broad SMARTS) is 1. The highest BCUT2D eigenvalue weighted by Crippen LogP contribution is 2.35. The molecule has 2 amide bonds. The molecule has 1 atom stereocenters. The molecule has 1 N–H and O–H groups in total. The zero-order valence-electron chi connectivity index (χ0n) is 16.7. The first-order valence-electron chi connectivity index (χ1n) is 9.20. The number of rotatable bonds is 7. The van der Waals surface area contributed by atoms with Crippen LogP contribution >= 0.6 is 11.8 Å². The predicted molar refractivity (Wildman–Crippen MR) is 113 cm³/mol. The minimum absolute atomic E-state index is 0.169. The molecule has 1 aliphatic heterocycles. The Hall–Kier alpha value is -3.59. The topological polar surface area (TPSA) is 110 Å². The van der Waals surface area contributed by atoms with Crippen molar-refractivity contribution in [1.82, 2.24) is 4.90 Å². The second-order valence-electron chi connectivity index (χ2n) is 6.58. The van der Waals surface area contributed by atoms with Gasteiger partial charge < -0.3 is 14.6 Å². The van der Waals surface area contributed by atoms with Gasteiger partial charge in [0.1, 0.15) is 18.4 Å². The van der Waals surface area contributed by atoms with Crippen molar-refractivity contribution >= 4 is 40.9 Å². The number of carboxylic acids is 1. The Bertz CT molecular complexity index is 1060. The molecule has 3 rings (SSSR count). The summed E-state index contributed by atoms with van der Waals surface area (Å²) in [6.45, 7) is 1.61. The molecule has 0 saturated carbocycles. The molecule has 0 aliphatic carbocycles. The van der Waals surface area contributed by atoms with Crippen molar-refractivity contribution in [2.45, 2.75) is 19.6 Å². The summed E-state index contributed by atoms with van der Waals surface area (Å²) in [5.41, 5.74) is 1.54. The molecular formula is C22H19NO7S. The van der Waals surface area contributed by atoms with Crippen LogP contribution in [0.3, 0.4) is 0 Å². The third kappa shape index (κ3) is 4.95. The van der Waals surface area contributed by atoms with E-state index in [9.17, 15) is 19.2 Å². The molecule has 160 valence electrons. The first kappa shape index (κ1) is 22.1.